The lowest BCUT2D eigenvalue weighted by atomic mass is 10.1. The van der Waals surface area contributed by atoms with Gasteiger partial charge >= 0.3 is 12.1 Å². The number of aromatic carboxylic acids is 1. The Labute approximate surface area is 194 Å². The SMILES string of the molecule is Cc1cc(C(F)(F)F)nn1-c1nc(Nc2cc(F)cc(C#N)c2)ncc1-c1cncc(C(=O)O)c1. The van der Waals surface area contributed by atoms with Crippen LogP contribution in [-0.4, -0.2) is 35.8 Å². The van der Waals surface area contributed by atoms with Gasteiger partial charge in [-0.1, -0.05) is 0 Å². The first-order chi connectivity index (χ1) is 16.5. The van der Waals surface area contributed by atoms with Gasteiger partial charge in [0.2, 0.25) is 5.95 Å². The van der Waals surface area contributed by atoms with Crippen molar-refractivity contribution in [2.24, 2.45) is 0 Å². The van der Waals surface area contributed by atoms with Crippen LogP contribution >= 0.6 is 0 Å². The van der Waals surface area contributed by atoms with Crippen LogP contribution in [0.4, 0.5) is 29.2 Å². The Kier molecular flexibility index (Phi) is 5.87. The maximum atomic E-state index is 13.8. The average Bonchev–Trinajstić information content (AvgIpc) is 3.20. The fraction of sp³-hybridized carbons (Fsp3) is 0.0909. The first-order valence-electron chi connectivity index (χ1n) is 9.73. The normalized spacial score (nSPS) is 11.2. The van der Waals surface area contributed by atoms with E-state index in [1.807, 2.05) is 0 Å². The molecule has 0 aliphatic carbocycles. The van der Waals surface area contributed by atoms with Gasteiger partial charge in [-0.3, -0.25) is 4.98 Å². The first kappa shape index (κ1) is 23.3. The van der Waals surface area contributed by atoms with E-state index in [1.165, 1.54) is 31.5 Å². The topological polar surface area (TPSA) is 130 Å². The monoisotopic (exact) mass is 483 g/mol. The molecule has 0 radical (unpaired) electrons. The number of nitrogens with one attached hydrogen (secondary N) is 1. The van der Waals surface area contributed by atoms with Crippen LogP contribution in [0.5, 0.6) is 0 Å². The zero-order valence-corrected chi connectivity index (χ0v) is 17.7. The molecule has 3 aromatic heterocycles. The van der Waals surface area contributed by atoms with Gasteiger partial charge in [0.05, 0.1) is 17.2 Å². The molecule has 0 atom stereocenters. The van der Waals surface area contributed by atoms with E-state index < -0.39 is 23.7 Å². The van der Waals surface area contributed by atoms with Crippen LogP contribution in [0.1, 0.15) is 27.3 Å². The minimum atomic E-state index is -4.72. The molecular formula is C22H13F4N7O2. The number of rotatable bonds is 5. The van der Waals surface area contributed by atoms with Crippen molar-refractivity contribution in [1.82, 2.24) is 24.7 Å². The standard InChI is InChI=1S/C22H13F4N7O2/c1-11-2-18(22(24,25)26)32-33(11)19-17(13-5-14(20(34)35)9-28-8-13)10-29-21(31-19)30-16-4-12(7-27)3-15(23)6-16/h2-6,8-10H,1H3,(H,34,35)(H,29,30,31). The second-order valence-electron chi connectivity index (χ2n) is 7.24. The number of benzene rings is 1. The number of hydrogen-bond donors (Lipinski definition) is 2. The zero-order chi connectivity index (χ0) is 25.3. The third-order valence-corrected chi connectivity index (χ3v) is 4.73. The second-order valence-corrected chi connectivity index (χ2v) is 7.24. The molecule has 4 aromatic rings. The Balaban J connectivity index is 1.88. The number of carboxylic acids is 1. The Hall–Kier alpha value is -4.86. The molecule has 0 bridgehead atoms. The number of nitriles is 1. The van der Waals surface area contributed by atoms with Gasteiger partial charge in [0.1, 0.15) is 5.82 Å². The summed E-state index contributed by atoms with van der Waals surface area (Å²) in [6.45, 7) is 1.39. The highest BCUT2D eigenvalue weighted by molar-refractivity contribution is 5.89. The van der Waals surface area contributed by atoms with Gasteiger partial charge < -0.3 is 10.4 Å². The number of carboxylic acid groups (broad SMARTS) is 1. The van der Waals surface area contributed by atoms with Gasteiger partial charge in [-0.05, 0) is 37.3 Å². The zero-order valence-electron chi connectivity index (χ0n) is 17.7. The van der Waals surface area contributed by atoms with Crippen molar-refractivity contribution in [3.63, 3.8) is 0 Å². The summed E-state index contributed by atoms with van der Waals surface area (Å²) in [5.74, 6) is -2.20. The first-order valence-corrected chi connectivity index (χ1v) is 9.73. The maximum Gasteiger partial charge on any atom is 0.435 e. The van der Waals surface area contributed by atoms with E-state index in [0.29, 0.717) is 0 Å². The third-order valence-electron chi connectivity index (χ3n) is 4.73. The van der Waals surface area contributed by atoms with Gasteiger partial charge in [0.15, 0.2) is 11.5 Å². The number of pyridine rings is 1. The van der Waals surface area contributed by atoms with E-state index in [4.69, 9.17) is 5.26 Å². The van der Waals surface area contributed by atoms with E-state index in [2.05, 4.69) is 25.4 Å². The second kappa shape index (κ2) is 8.82. The van der Waals surface area contributed by atoms with Crippen LogP contribution in [-0.2, 0) is 6.18 Å². The van der Waals surface area contributed by atoms with E-state index in [1.54, 1.807) is 6.07 Å². The number of nitrogens with zero attached hydrogens (tertiary/aromatic N) is 6. The number of carbonyl (C=O) groups is 1. The molecule has 0 aliphatic rings. The van der Waals surface area contributed by atoms with Gasteiger partial charge in [-0.15, -0.1) is 0 Å². The molecule has 176 valence electrons. The number of halogens is 4. The summed E-state index contributed by atoms with van der Waals surface area (Å²) in [5, 5.41) is 24.6. The lowest BCUT2D eigenvalue weighted by Crippen LogP contribution is -2.11. The highest BCUT2D eigenvalue weighted by atomic mass is 19.4. The summed E-state index contributed by atoms with van der Waals surface area (Å²) in [4.78, 5) is 23.6. The molecule has 9 nitrogen and oxygen atoms in total. The molecule has 0 aliphatic heterocycles. The van der Waals surface area contributed by atoms with Crippen molar-refractivity contribution in [2.45, 2.75) is 13.1 Å². The smallest absolute Gasteiger partial charge is 0.435 e. The molecule has 4 rings (SSSR count). The minimum absolute atomic E-state index is 0.0265. The molecule has 0 saturated heterocycles. The quantitative estimate of drug-likeness (QED) is 0.397. The Morgan fingerprint density at radius 1 is 1.14 bits per heavy atom. The molecular weight excluding hydrogens is 470 g/mol. The van der Waals surface area contributed by atoms with Gasteiger partial charge in [-0.2, -0.15) is 28.5 Å². The minimum Gasteiger partial charge on any atom is -0.478 e. The number of alkyl halides is 3. The predicted octanol–water partition coefficient (Wildman–Crippen LogP) is 4.50. The largest absolute Gasteiger partial charge is 0.478 e. The van der Waals surface area contributed by atoms with Crippen LogP contribution in [0.2, 0.25) is 0 Å². The molecule has 0 fully saturated rings. The Morgan fingerprint density at radius 3 is 2.57 bits per heavy atom. The molecule has 0 saturated carbocycles. The Morgan fingerprint density at radius 2 is 1.91 bits per heavy atom. The summed E-state index contributed by atoms with van der Waals surface area (Å²) in [5.41, 5.74) is -0.719. The summed E-state index contributed by atoms with van der Waals surface area (Å²) in [7, 11) is 0. The summed E-state index contributed by atoms with van der Waals surface area (Å²) in [6.07, 6.45) is -1.06. The fourth-order valence-corrected chi connectivity index (χ4v) is 3.19. The maximum absolute atomic E-state index is 13.8. The summed E-state index contributed by atoms with van der Waals surface area (Å²) >= 11 is 0. The molecule has 35 heavy (non-hydrogen) atoms. The number of anilines is 2. The summed E-state index contributed by atoms with van der Waals surface area (Å²) < 4.78 is 54.6. The highest BCUT2D eigenvalue weighted by Crippen LogP contribution is 2.32. The van der Waals surface area contributed by atoms with Crippen molar-refractivity contribution in [3.8, 4) is 23.0 Å². The number of hydrogen-bond acceptors (Lipinski definition) is 7. The van der Waals surface area contributed by atoms with E-state index in [9.17, 15) is 27.5 Å². The molecule has 2 N–H and O–H groups in total. The highest BCUT2D eigenvalue weighted by Gasteiger charge is 2.35. The van der Waals surface area contributed by atoms with Crippen molar-refractivity contribution in [3.05, 3.63) is 77.3 Å². The van der Waals surface area contributed by atoms with Crippen molar-refractivity contribution >= 4 is 17.6 Å². The van der Waals surface area contributed by atoms with Gasteiger partial charge in [0, 0.05) is 41.1 Å². The van der Waals surface area contributed by atoms with E-state index in [-0.39, 0.29) is 45.4 Å². The van der Waals surface area contributed by atoms with Crippen LogP contribution < -0.4 is 5.32 Å². The number of aryl methyl sites for hydroxylation is 1. The van der Waals surface area contributed by atoms with Crippen molar-refractivity contribution in [1.29, 1.82) is 5.26 Å². The molecule has 3 heterocycles. The average molecular weight is 483 g/mol. The third kappa shape index (κ3) is 4.91. The van der Waals surface area contributed by atoms with E-state index >= 15 is 0 Å². The van der Waals surface area contributed by atoms with Crippen molar-refractivity contribution in [2.75, 3.05) is 5.32 Å². The van der Waals surface area contributed by atoms with Crippen LogP contribution in [0, 0.1) is 24.1 Å². The molecule has 0 amide bonds. The molecule has 0 unspecified atom stereocenters. The number of aromatic nitrogens is 5. The fourth-order valence-electron chi connectivity index (χ4n) is 3.19. The molecule has 1 aromatic carbocycles. The van der Waals surface area contributed by atoms with Crippen molar-refractivity contribution < 1.29 is 27.5 Å². The lowest BCUT2D eigenvalue weighted by molar-refractivity contribution is -0.141. The molecule has 0 spiro atoms. The predicted molar refractivity (Wildman–Crippen MR) is 113 cm³/mol. The lowest BCUT2D eigenvalue weighted by Gasteiger charge is -2.13. The van der Waals surface area contributed by atoms with Crippen LogP contribution in [0.15, 0.2) is 48.9 Å². The molecule has 13 heteroatoms. The van der Waals surface area contributed by atoms with Crippen LogP contribution in [0.3, 0.4) is 0 Å². The van der Waals surface area contributed by atoms with Crippen LogP contribution in [0.25, 0.3) is 16.9 Å². The van der Waals surface area contributed by atoms with Gasteiger partial charge in [-0.25, -0.2) is 18.9 Å². The Bertz CT molecular complexity index is 1490. The summed E-state index contributed by atoms with van der Waals surface area (Å²) in [6, 6.07) is 7.34. The van der Waals surface area contributed by atoms with Gasteiger partial charge in [0.25, 0.3) is 0 Å². The van der Waals surface area contributed by atoms with E-state index in [0.717, 1.165) is 29.1 Å².